The van der Waals surface area contributed by atoms with Crippen molar-refractivity contribution in [2.75, 3.05) is 34.5 Å². The second-order valence-corrected chi connectivity index (χ2v) is 24.1. The van der Waals surface area contributed by atoms with Gasteiger partial charge in [0.05, 0.1) is 54.5 Å². The molecule has 2 atom stereocenters. The van der Waals surface area contributed by atoms with E-state index in [2.05, 4.69) is 19.9 Å². The van der Waals surface area contributed by atoms with Crippen LogP contribution in [0, 0.1) is 19.7 Å². The zero-order valence-electron chi connectivity index (χ0n) is 50.3. The molecule has 21 heteroatoms. The third-order valence-corrected chi connectivity index (χ3v) is 18.2. The molecule has 0 saturated carbocycles. The van der Waals surface area contributed by atoms with Gasteiger partial charge in [-0.25, -0.2) is 29.1 Å². The molecule has 3 aromatic heterocycles. The second kappa shape index (κ2) is 28.1. The van der Waals surface area contributed by atoms with Crippen molar-refractivity contribution in [1.29, 1.82) is 0 Å². The van der Waals surface area contributed by atoms with Gasteiger partial charge in [0, 0.05) is 28.6 Å². The molecule has 0 aliphatic heterocycles. The molecule has 17 nitrogen and oxygen atoms in total. The molecular formula is C71H60ClFN4O13S2. The number of hydrogen-bond acceptors (Lipinski definition) is 17. The van der Waals surface area contributed by atoms with Crippen molar-refractivity contribution in [3.05, 3.63) is 250 Å². The molecule has 0 amide bonds. The van der Waals surface area contributed by atoms with Crippen molar-refractivity contribution in [3.63, 3.8) is 0 Å². The molecule has 468 valence electrons. The third kappa shape index (κ3) is 13.8. The molecule has 3 heterocycles. The number of aliphatic carboxylic acids is 1. The van der Waals surface area contributed by atoms with Crippen LogP contribution >= 0.6 is 22.9 Å². The molecule has 0 aliphatic rings. The third-order valence-electron chi connectivity index (χ3n) is 15.3. The van der Waals surface area contributed by atoms with Crippen LogP contribution in [0.5, 0.6) is 40.4 Å². The number of fused-ring (bicyclic) bond motifs is 1. The van der Waals surface area contributed by atoms with Gasteiger partial charge >= 0.3 is 5.97 Å². The molecule has 0 radical (unpaired) electrons. The summed E-state index contributed by atoms with van der Waals surface area (Å²) in [7, 11) is 0.344. The van der Waals surface area contributed by atoms with Gasteiger partial charge in [-0.05, 0) is 138 Å². The largest absolute Gasteiger partial charge is 0.508 e. The molecule has 0 fully saturated rings. The number of phenolic OH excluding ortho intramolecular Hbond substituents is 1. The minimum absolute atomic E-state index is 0.0496. The molecule has 0 unspecified atom stereocenters. The smallest absolute Gasteiger partial charge is 0.345 e. The quantitative estimate of drug-likeness (QED) is 0.0380. The Kier molecular flexibility index (Phi) is 19.4. The van der Waals surface area contributed by atoms with E-state index in [1.54, 1.807) is 83.0 Å². The molecule has 2 N–H and O–H groups in total. The van der Waals surface area contributed by atoms with Crippen LogP contribution in [0.3, 0.4) is 0 Å². The van der Waals surface area contributed by atoms with E-state index in [4.69, 9.17) is 48.9 Å². The number of thiophene rings is 1. The van der Waals surface area contributed by atoms with Gasteiger partial charge < -0.3 is 43.4 Å². The maximum atomic E-state index is 14.7. The monoisotopic (exact) mass is 1290 g/mol. The first-order chi connectivity index (χ1) is 44.5. The van der Waals surface area contributed by atoms with Gasteiger partial charge in [-0.1, -0.05) is 114 Å². The zero-order chi connectivity index (χ0) is 64.5. The number of aromatic hydroxyl groups is 1. The number of carboxylic acids is 1. The number of aromatic nitrogens is 4. The highest BCUT2D eigenvalue weighted by Crippen LogP contribution is 2.50. The van der Waals surface area contributed by atoms with Crippen molar-refractivity contribution in [2.24, 2.45) is 0 Å². The minimum Gasteiger partial charge on any atom is -0.508 e. The first-order valence-electron chi connectivity index (χ1n) is 28.8. The van der Waals surface area contributed by atoms with Gasteiger partial charge in [-0.2, -0.15) is 8.42 Å². The summed E-state index contributed by atoms with van der Waals surface area (Å²) in [6, 6.07) is 53.3. The lowest BCUT2D eigenvalue weighted by Gasteiger charge is -2.37. The fourth-order valence-electron chi connectivity index (χ4n) is 10.6. The van der Waals surface area contributed by atoms with Gasteiger partial charge in [0.2, 0.25) is 12.0 Å². The van der Waals surface area contributed by atoms with E-state index in [1.807, 2.05) is 104 Å². The number of aryl methyl sites for hydroxylation is 1. The van der Waals surface area contributed by atoms with Crippen molar-refractivity contribution >= 4 is 49.2 Å². The van der Waals surface area contributed by atoms with Gasteiger partial charge in [0.15, 0.2) is 5.82 Å². The highest BCUT2D eigenvalue weighted by atomic mass is 35.5. The lowest BCUT2D eigenvalue weighted by Crippen LogP contribution is -2.39. The summed E-state index contributed by atoms with van der Waals surface area (Å²) in [6.07, 6.45) is -0.264. The fourth-order valence-corrected chi connectivity index (χ4v) is 12.9. The summed E-state index contributed by atoms with van der Waals surface area (Å²) < 4.78 is 91.9. The number of phenols is 1. The van der Waals surface area contributed by atoms with E-state index in [9.17, 15) is 27.8 Å². The van der Waals surface area contributed by atoms with Gasteiger partial charge in [-0.3, -0.25) is 4.18 Å². The normalized spacial score (nSPS) is 12.2. The molecule has 11 rings (SSSR count). The molecule has 0 bridgehead atoms. The predicted molar refractivity (Wildman–Crippen MR) is 347 cm³/mol. The van der Waals surface area contributed by atoms with E-state index in [-0.39, 0.29) is 52.7 Å². The highest BCUT2D eigenvalue weighted by Gasteiger charge is 2.40. The van der Waals surface area contributed by atoms with Gasteiger partial charge in [0.1, 0.15) is 76.4 Å². The van der Waals surface area contributed by atoms with Crippen LogP contribution in [0.1, 0.15) is 39.1 Å². The van der Waals surface area contributed by atoms with Crippen LogP contribution in [0.2, 0.25) is 5.02 Å². The summed E-state index contributed by atoms with van der Waals surface area (Å²) in [4.78, 5) is 32.6. The number of rotatable bonds is 26. The zero-order valence-corrected chi connectivity index (χ0v) is 52.7. The molecular weight excluding hydrogens is 1240 g/mol. The Morgan fingerprint density at radius 2 is 1.35 bits per heavy atom. The summed E-state index contributed by atoms with van der Waals surface area (Å²) in [5.74, 6) is 0.502. The van der Waals surface area contributed by atoms with Crippen LogP contribution in [0.4, 0.5) is 4.39 Å². The maximum Gasteiger partial charge on any atom is 0.345 e. The van der Waals surface area contributed by atoms with Gasteiger partial charge in [-0.15, -0.1) is 11.3 Å². The Morgan fingerprint density at radius 3 is 2.02 bits per heavy atom. The number of ether oxygens (including phenoxy) is 7. The van der Waals surface area contributed by atoms with Crippen LogP contribution in [-0.4, -0.2) is 91.3 Å². The molecule has 0 spiro atoms. The van der Waals surface area contributed by atoms with Crippen molar-refractivity contribution in [3.8, 4) is 73.3 Å². The van der Waals surface area contributed by atoms with E-state index in [0.717, 1.165) is 11.1 Å². The Balaban J connectivity index is 0.954. The second-order valence-electron chi connectivity index (χ2n) is 21.1. The van der Waals surface area contributed by atoms with Crippen LogP contribution in [0.15, 0.2) is 205 Å². The Morgan fingerprint density at radius 1 is 0.685 bits per heavy atom. The topological polar surface area (TPSA) is 217 Å². The number of nitrogens with zero attached hydrogens (tertiary/aromatic N) is 4. The lowest BCUT2D eigenvalue weighted by molar-refractivity contribution is -0.145. The van der Waals surface area contributed by atoms with E-state index in [0.29, 0.717) is 88.4 Å². The van der Waals surface area contributed by atoms with Gasteiger partial charge in [0.25, 0.3) is 10.1 Å². The number of carboxylic acid groups (broad SMARTS) is 1. The van der Waals surface area contributed by atoms with Crippen LogP contribution < -0.4 is 28.4 Å². The molecule has 11 aromatic rings. The average molecular weight is 1300 g/mol. The maximum absolute atomic E-state index is 14.7. The summed E-state index contributed by atoms with van der Waals surface area (Å²) >= 11 is 8.72. The number of methoxy groups -OCH3 is 3. The van der Waals surface area contributed by atoms with Crippen molar-refractivity contribution < 1.29 is 65.2 Å². The first-order valence-corrected chi connectivity index (χ1v) is 31.4. The Labute approximate surface area is 539 Å². The SMILES string of the molecule is COc1ccc(C(OC[C@H](COS(=O)(=O)c2ccc(C)cc2)Oc2ccc(-c3c(-c4ccc(F)cc4)sc4ncnc(O[C@H](Cc5cc(O)ccc5OCc5ccnc(-c6ccccc6OC)n5)C(=O)O)c34)c(C)c2Cl)(c2ccccc2)c2ccc(OC)cc2)cc1. The Hall–Kier alpha value is -9.96. The lowest BCUT2D eigenvalue weighted by atomic mass is 9.80. The highest BCUT2D eigenvalue weighted by molar-refractivity contribution is 7.86. The van der Waals surface area contributed by atoms with E-state index in [1.165, 1.54) is 60.1 Å². The van der Waals surface area contributed by atoms with E-state index < -0.39 is 46.3 Å². The number of benzene rings is 8. The number of para-hydroxylation sites is 1. The average Bonchev–Trinajstić information content (AvgIpc) is 1.40. The summed E-state index contributed by atoms with van der Waals surface area (Å²) in [6.45, 7) is 2.72. The first kappa shape index (κ1) is 63.6. The number of hydrogen-bond donors (Lipinski definition) is 2. The van der Waals surface area contributed by atoms with Crippen molar-refractivity contribution in [1.82, 2.24) is 19.9 Å². The standard InChI is InChI=1S/C71H60ClFN4O13S2/c1-43-15-30-56(31-16-43)92(81,82)88-41-55(40-87-71(47-11-7-6-8-12-47,48-19-26-53(83-3)27-20-48)49-21-28-54(84-4)29-22-49)89-61-34-32-57(44(2)65(61)72)63-64-68(75-42-76-69(64)91-66(63)45-17-23-50(73)24-18-45)90-62(70(79)80)38-46-37-52(78)25-33-59(46)86-39-51-35-36-74-67(77-51)58-13-9-10-14-60(58)85-5/h6-37,42,55,62,78H,38-41H2,1-5H3,(H,79,80)/t55-,62-/m1/s1. The van der Waals surface area contributed by atoms with E-state index >= 15 is 0 Å². The molecule has 0 saturated heterocycles. The minimum atomic E-state index is -4.37. The van der Waals surface area contributed by atoms with Crippen molar-refractivity contribution in [2.45, 2.75) is 49.6 Å². The van der Waals surface area contributed by atoms with Crippen LogP contribution in [-0.2, 0) is 42.5 Å². The summed E-state index contributed by atoms with van der Waals surface area (Å²) in [5, 5.41) is 22.1. The Bertz CT molecular complexity index is 4480. The van der Waals surface area contributed by atoms with Crippen LogP contribution in [0.25, 0.3) is 43.2 Å². The molecule has 8 aromatic carbocycles. The predicted octanol–water partition coefficient (Wildman–Crippen LogP) is 14.4. The fraction of sp³-hybridized carbons (Fsp3) is 0.169. The molecule has 0 aliphatic carbocycles. The summed E-state index contributed by atoms with van der Waals surface area (Å²) in [5.41, 5.74) is 5.13. The molecule has 92 heavy (non-hydrogen) atoms. The number of carbonyl (C=O) groups is 1. The number of halogens is 2.